The van der Waals surface area contributed by atoms with E-state index in [0.717, 1.165) is 17.7 Å². The van der Waals surface area contributed by atoms with E-state index in [-0.39, 0.29) is 5.54 Å². The first kappa shape index (κ1) is 17.0. The van der Waals surface area contributed by atoms with Gasteiger partial charge >= 0.3 is 5.97 Å². The maximum Gasteiger partial charge on any atom is 0.335 e. The van der Waals surface area contributed by atoms with Crippen molar-refractivity contribution in [2.45, 2.75) is 32.4 Å². The monoisotopic (exact) mass is 313 g/mol. The Morgan fingerprint density at radius 1 is 1.04 bits per heavy atom. The maximum atomic E-state index is 10.9. The molecule has 0 aliphatic heterocycles. The van der Waals surface area contributed by atoms with E-state index in [1.165, 1.54) is 5.56 Å². The topological polar surface area (TPSA) is 58.6 Å². The normalized spacial score (nSPS) is 11.3. The molecule has 2 aromatic rings. The maximum absolute atomic E-state index is 10.9. The van der Waals surface area contributed by atoms with Crippen LogP contribution in [0.4, 0.5) is 0 Å². The molecular formula is C19H23NO3. The van der Waals surface area contributed by atoms with Crippen molar-refractivity contribution >= 4 is 5.97 Å². The van der Waals surface area contributed by atoms with Crippen LogP contribution in [-0.4, -0.2) is 23.7 Å². The third kappa shape index (κ3) is 5.11. The Balaban J connectivity index is 1.93. The number of methoxy groups -OCH3 is 1. The molecule has 4 heteroatoms. The molecule has 0 aliphatic rings. The molecule has 0 saturated carbocycles. The van der Waals surface area contributed by atoms with Crippen molar-refractivity contribution in [1.82, 2.24) is 5.32 Å². The van der Waals surface area contributed by atoms with Gasteiger partial charge in [0.25, 0.3) is 0 Å². The lowest BCUT2D eigenvalue weighted by Gasteiger charge is -2.27. The lowest BCUT2D eigenvalue weighted by molar-refractivity contribution is 0.0697. The first-order chi connectivity index (χ1) is 10.9. The van der Waals surface area contributed by atoms with Crippen molar-refractivity contribution in [3.8, 4) is 5.75 Å². The van der Waals surface area contributed by atoms with E-state index in [1.807, 2.05) is 24.3 Å². The van der Waals surface area contributed by atoms with Crippen LogP contribution in [0.15, 0.2) is 48.5 Å². The van der Waals surface area contributed by atoms with Gasteiger partial charge in [-0.05, 0) is 55.7 Å². The van der Waals surface area contributed by atoms with E-state index in [0.29, 0.717) is 12.1 Å². The molecule has 122 valence electrons. The van der Waals surface area contributed by atoms with Gasteiger partial charge in [-0.25, -0.2) is 4.79 Å². The van der Waals surface area contributed by atoms with Gasteiger partial charge in [0.05, 0.1) is 12.7 Å². The third-order valence-corrected chi connectivity index (χ3v) is 3.78. The van der Waals surface area contributed by atoms with Crippen molar-refractivity contribution in [3.63, 3.8) is 0 Å². The molecular weight excluding hydrogens is 290 g/mol. The minimum Gasteiger partial charge on any atom is -0.497 e. The van der Waals surface area contributed by atoms with Crippen LogP contribution in [0.2, 0.25) is 0 Å². The van der Waals surface area contributed by atoms with Gasteiger partial charge in [-0.1, -0.05) is 24.3 Å². The zero-order valence-corrected chi connectivity index (χ0v) is 13.8. The molecule has 4 nitrogen and oxygen atoms in total. The minimum absolute atomic E-state index is 0.0694. The van der Waals surface area contributed by atoms with E-state index in [4.69, 9.17) is 9.84 Å². The Kier molecular flexibility index (Phi) is 5.40. The predicted octanol–water partition coefficient (Wildman–Crippen LogP) is 3.50. The summed E-state index contributed by atoms with van der Waals surface area (Å²) in [5, 5.41) is 12.4. The van der Waals surface area contributed by atoms with Crippen molar-refractivity contribution in [2.24, 2.45) is 0 Å². The zero-order chi connectivity index (χ0) is 16.9. The average molecular weight is 313 g/mol. The molecule has 0 aliphatic carbocycles. The fourth-order valence-corrected chi connectivity index (χ4v) is 2.42. The second kappa shape index (κ2) is 7.29. The highest BCUT2D eigenvalue weighted by Crippen LogP contribution is 2.17. The van der Waals surface area contributed by atoms with Gasteiger partial charge in [0.2, 0.25) is 0 Å². The average Bonchev–Trinajstić information content (AvgIpc) is 2.54. The number of rotatable bonds is 7. The number of nitrogens with one attached hydrogen (secondary N) is 1. The quantitative estimate of drug-likeness (QED) is 0.821. The summed E-state index contributed by atoms with van der Waals surface area (Å²) in [6, 6.07) is 15.0. The van der Waals surface area contributed by atoms with Crippen LogP contribution in [0.1, 0.15) is 35.3 Å². The summed E-state index contributed by atoms with van der Waals surface area (Å²) < 4.78 is 5.17. The number of carbonyl (C=O) groups is 1. The van der Waals surface area contributed by atoms with Crippen LogP contribution in [0.3, 0.4) is 0 Å². The second-order valence-electron chi connectivity index (χ2n) is 6.26. The first-order valence-corrected chi connectivity index (χ1v) is 7.60. The van der Waals surface area contributed by atoms with E-state index in [1.54, 1.807) is 19.2 Å². The van der Waals surface area contributed by atoms with Gasteiger partial charge in [0.15, 0.2) is 0 Å². The molecule has 2 aromatic carbocycles. The van der Waals surface area contributed by atoms with Crippen LogP contribution in [-0.2, 0) is 13.0 Å². The molecule has 0 unspecified atom stereocenters. The van der Waals surface area contributed by atoms with Gasteiger partial charge in [-0.3, -0.25) is 0 Å². The molecule has 0 aromatic heterocycles. The summed E-state index contributed by atoms with van der Waals surface area (Å²) in [4.78, 5) is 10.9. The second-order valence-corrected chi connectivity index (χ2v) is 6.26. The Bertz CT molecular complexity index is 645. The van der Waals surface area contributed by atoms with Crippen LogP contribution in [0, 0.1) is 0 Å². The van der Waals surface area contributed by atoms with Crippen LogP contribution < -0.4 is 10.1 Å². The van der Waals surface area contributed by atoms with E-state index >= 15 is 0 Å². The largest absolute Gasteiger partial charge is 0.497 e. The van der Waals surface area contributed by atoms with Crippen molar-refractivity contribution in [3.05, 3.63) is 65.2 Å². The highest BCUT2D eigenvalue weighted by atomic mass is 16.5. The van der Waals surface area contributed by atoms with Crippen molar-refractivity contribution in [1.29, 1.82) is 0 Å². The molecule has 0 fully saturated rings. The number of benzene rings is 2. The minimum atomic E-state index is -0.899. The van der Waals surface area contributed by atoms with Gasteiger partial charge in [0, 0.05) is 12.1 Å². The number of hydrogen-bond acceptors (Lipinski definition) is 3. The van der Waals surface area contributed by atoms with Gasteiger partial charge in [0.1, 0.15) is 5.75 Å². The molecule has 0 heterocycles. The smallest absolute Gasteiger partial charge is 0.335 e. The molecule has 0 radical (unpaired) electrons. The molecule has 0 amide bonds. The Morgan fingerprint density at radius 3 is 2.13 bits per heavy atom. The van der Waals surface area contributed by atoms with Gasteiger partial charge < -0.3 is 15.2 Å². The third-order valence-electron chi connectivity index (χ3n) is 3.78. The lowest BCUT2D eigenvalue weighted by Crippen LogP contribution is -2.40. The Hall–Kier alpha value is -2.33. The van der Waals surface area contributed by atoms with Crippen molar-refractivity contribution < 1.29 is 14.6 Å². The SMILES string of the molecule is COc1ccc(CC(C)(C)NCc2ccc(C(=O)O)cc2)cc1. The molecule has 0 saturated heterocycles. The van der Waals surface area contributed by atoms with Crippen LogP contribution in [0.5, 0.6) is 5.75 Å². The fourth-order valence-electron chi connectivity index (χ4n) is 2.42. The molecule has 2 N–H and O–H groups in total. The molecule has 0 bridgehead atoms. The number of aromatic carboxylic acids is 1. The molecule has 0 atom stereocenters. The summed E-state index contributed by atoms with van der Waals surface area (Å²) >= 11 is 0. The fraction of sp³-hybridized carbons (Fsp3) is 0.316. The number of carboxylic acids is 1. The van der Waals surface area contributed by atoms with E-state index < -0.39 is 5.97 Å². The lowest BCUT2D eigenvalue weighted by atomic mass is 9.94. The standard InChI is InChI=1S/C19H23NO3/c1-19(2,12-14-6-10-17(23-3)11-7-14)20-13-15-4-8-16(9-5-15)18(21)22/h4-11,20H,12-13H2,1-3H3,(H,21,22). The van der Waals surface area contributed by atoms with Crippen LogP contribution in [0.25, 0.3) is 0 Å². The Morgan fingerprint density at radius 2 is 1.61 bits per heavy atom. The zero-order valence-electron chi connectivity index (χ0n) is 13.8. The summed E-state index contributed by atoms with van der Waals surface area (Å²) in [5.41, 5.74) is 2.55. The molecule has 23 heavy (non-hydrogen) atoms. The van der Waals surface area contributed by atoms with Gasteiger partial charge in [-0.15, -0.1) is 0 Å². The molecule has 2 rings (SSSR count). The summed E-state index contributed by atoms with van der Waals surface area (Å²) in [6.45, 7) is 5.01. The first-order valence-electron chi connectivity index (χ1n) is 7.60. The van der Waals surface area contributed by atoms with E-state index in [9.17, 15) is 4.79 Å². The van der Waals surface area contributed by atoms with Crippen molar-refractivity contribution in [2.75, 3.05) is 7.11 Å². The molecule has 0 spiro atoms. The Labute approximate surface area is 137 Å². The summed E-state index contributed by atoms with van der Waals surface area (Å²) in [6.07, 6.45) is 0.893. The van der Waals surface area contributed by atoms with E-state index in [2.05, 4.69) is 31.3 Å². The number of carboxylic acid groups (broad SMARTS) is 1. The highest BCUT2D eigenvalue weighted by Gasteiger charge is 2.17. The number of hydrogen-bond donors (Lipinski definition) is 2. The van der Waals surface area contributed by atoms with Gasteiger partial charge in [-0.2, -0.15) is 0 Å². The van der Waals surface area contributed by atoms with Crippen LogP contribution >= 0.6 is 0 Å². The predicted molar refractivity (Wildman–Crippen MR) is 91.0 cm³/mol. The number of ether oxygens (including phenoxy) is 1. The summed E-state index contributed by atoms with van der Waals surface area (Å²) in [5.74, 6) is -0.0395. The highest BCUT2D eigenvalue weighted by molar-refractivity contribution is 5.87. The summed E-state index contributed by atoms with van der Waals surface area (Å²) in [7, 11) is 1.66.